The Morgan fingerprint density at radius 3 is 2.55 bits per heavy atom. The summed E-state index contributed by atoms with van der Waals surface area (Å²) in [6, 6.07) is 7.75. The van der Waals surface area contributed by atoms with Gasteiger partial charge in [0.05, 0.1) is 45.4 Å². The number of piperazine rings is 1. The minimum Gasteiger partial charge on any atom is -0.490 e. The number of hydrogen-bond donors (Lipinski definition) is 2. The van der Waals surface area contributed by atoms with Crippen LogP contribution in [0.1, 0.15) is 31.9 Å². The van der Waals surface area contributed by atoms with E-state index in [1.807, 2.05) is 24.3 Å². The summed E-state index contributed by atoms with van der Waals surface area (Å²) in [6.45, 7) is 9.52. The van der Waals surface area contributed by atoms with Gasteiger partial charge in [-0.25, -0.2) is 9.97 Å². The molecule has 3 heterocycles. The number of aromatic nitrogens is 2. The number of carbonyl (C=O) groups is 1. The fourth-order valence-corrected chi connectivity index (χ4v) is 4.11. The first-order valence-corrected chi connectivity index (χ1v) is 11.1. The van der Waals surface area contributed by atoms with Gasteiger partial charge in [0.15, 0.2) is 18.0 Å². The van der Waals surface area contributed by atoms with Gasteiger partial charge in [0.1, 0.15) is 0 Å². The normalized spacial score (nSPS) is 17.8. The number of nitrogens with one attached hydrogen (secondary N) is 2. The molecule has 0 aliphatic carbocycles. The van der Waals surface area contributed by atoms with Crippen LogP contribution in [-0.2, 0) is 4.79 Å². The molecular formula is C23H32N5O3+. The van der Waals surface area contributed by atoms with E-state index in [1.54, 1.807) is 12.4 Å². The van der Waals surface area contributed by atoms with Crippen LogP contribution in [0.5, 0.6) is 11.5 Å². The van der Waals surface area contributed by atoms with Crippen LogP contribution in [0.15, 0.2) is 36.7 Å². The largest absolute Gasteiger partial charge is 0.490 e. The lowest BCUT2D eigenvalue weighted by Crippen LogP contribution is -3.16. The highest BCUT2D eigenvalue weighted by Crippen LogP contribution is 2.34. The van der Waals surface area contributed by atoms with Crippen LogP contribution in [-0.4, -0.2) is 61.8 Å². The number of hydrogen-bond acceptors (Lipinski definition) is 6. The monoisotopic (exact) mass is 426 g/mol. The average molecular weight is 427 g/mol. The summed E-state index contributed by atoms with van der Waals surface area (Å²) in [5.41, 5.74) is 1.05. The van der Waals surface area contributed by atoms with Gasteiger partial charge in [-0.1, -0.05) is 19.9 Å². The highest BCUT2D eigenvalue weighted by atomic mass is 16.5. The molecule has 8 nitrogen and oxygen atoms in total. The van der Waals surface area contributed by atoms with Crippen LogP contribution in [0.3, 0.4) is 0 Å². The van der Waals surface area contributed by atoms with Crippen LogP contribution in [0.4, 0.5) is 5.95 Å². The minimum atomic E-state index is -0.0666. The van der Waals surface area contributed by atoms with Crippen molar-refractivity contribution in [2.24, 2.45) is 5.92 Å². The molecule has 1 saturated heterocycles. The minimum absolute atomic E-state index is 0.0666. The third-order valence-corrected chi connectivity index (χ3v) is 5.83. The van der Waals surface area contributed by atoms with Crippen molar-refractivity contribution in [2.75, 3.05) is 50.8 Å². The van der Waals surface area contributed by atoms with Crippen LogP contribution in [0.25, 0.3) is 0 Å². The smallest absolute Gasteiger partial charge is 0.275 e. The van der Waals surface area contributed by atoms with Crippen molar-refractivity contribution in [3.8, 4) is 11.5 Å². The standard InChI is InChI=1S/C23H31N5O3/c1-17(2)22(18-5-6-19-20(15-18)31-14-4-13-30-19)26-21(29)16-27-9-11-28(12-10-27)23-24-7-3-8-25-23/h3,5-8,15,17,22H,4,9-14,16H2,1-2H3,(H,26,29)/p+1/t22-/m0/s1. The van der Waals surface area contributed by atoms with Gasteiger partial charge in [0, 0.05) is 18.8 Å². The number of rotatable bonds is 6. The predicted octanol–water partition coefficient (Wildman–Crippen LogP) is 0.856. The molecule has 1 aromatic carbocycles. The molecule has 0 saturated carbocycles. The topological polar surface area (TPSA) is 81.0 Å². The van der Waals surface area contributed by atoms with E-state index in [9.17, 15) is 4.79 Å². The van der Waals surface area contributed by atoms with Gasteiger partial charge in [-0.2, -0.15) is 0 Å². The van der Waals surface area contributed by atoms with Crippen molar-refractivity contribution in [3.63, 3.8) is 0 Å². The van der Waals surface area contributed by atoms with E-state index in [1.165, 1.54) is 4.90 Å². The maximum absolute atomic E-state index is 12.9. The molecule has 4 rings (SSSR count). The molecule has 1 fully saturated rings. The van der Waals surface area contributed by atoms with E-state index in [4.69, 9.17) is 9.47 Å². The third-order valence-electron chi connectivity index (χ3n) is 5.83. The van der Waals surface area contributed by atoms with E-state index >= 15 is 0 Å². The fraction of sp³-hybridized carbons (Fsp3) is 0.522. The molecule has 2 N–H and O–H groups in total. The molecule has 0 bridgehead atoms. The molecule has 1 amide bonds. The van der Waals surface area contributed by atoms with Gasteiger partial charge in [0.2, 0.25) is 5.95 Å². The number of benzene rings is 1. The summed E-state index contributed by atoms with van der Waals surface area (Å²) in [6.07, 6.45) is 4.40. The molecule has 2 aliphatic rings. The second-order valence-electron chi connectivity index (χ2n) is 8.51. The quantitative estimate of drug-likeness (QED) is 0.713. The van der Waals surface area contributed by atoms with Gasteiger partial charge in [0.25, 0.3) is 5.91 Å². The van der Waals surface area contributed by atoms with Crippen molar-refractivity contribution < 1.29 is 19.2 Å². The summed E-state index contributed by atoms with van der Waals surface area (Å²) < 4.78 is 11.6. The van der Waals surface area contributed by atoms with Crippen molar-refractivity contribution in [1.82, 2.24) is 15.3 Å². The first-order chi connectivity index (χ1) is 15.1. The number of fused-ring (bicyclic) bond motifs is 1. The number of anilines is 1. The number of quaternary nitrogens is 1. The Morgan fingerprint density at radius 1 is 1.13 bits per heavy atom. The summed E-state index contributed by atoms with van der Waals surface area (Å²) >= 11 is 0. The van der Waals surface area contributed by atoms with Gasteiger partial charge in [-0.15, -0.1) is 0 Å². The first kappa shape index (κ1) is 21.4. The average Bonchev–Trinajstić information content (AvgIpc) is 3.03. The number of ether oxygens (including phenoxy) is 2. The fourth-order valence-electron chi connectivity index (χ4n) is 4.11. The van der Waals surface area contributed by atoms with E-state index < -0.39 is 0 Å². The Labute approximate surface area is 183 Å². The van der Waals surface area contributed by atoms with Crippen molar-refractivity contribution in [3.05, 3.63) is 42.2 Å². The SMILES string of the molecule is CC(C)[C@H](NC(=O)C[NH+]1CCN(c2ncccn2)CC1)c1ccc2c(c1)OCCCO2. The Kier molecular flexibility index (Phi) is 6.86. The first-order valence-electron chi connectivity index (χ1n) is 11.1. The van der Waals surface area contributed by atoms with Gasteiger partial charge in [-0.05, 0) is 29.7 Å². The Bertz CT molecular complexity index is 869. The lowest BCUT2D eigenvalue weighted by molar-refractivity contribution is -0.892. The lowest BCUT2D eigenvalue weighted by atomic mass is 9.95. The van der Waals surface area contributed by atoms with Gasteiger partial charge in [-0.3, -0.25) is 4.79 Å². The molecule has 31 heavy (non-hydrogen) atoms. The Balaban J connectivity index is 1.34. The van der Waals surface area contributed by atoms with Crippen LogP contribution in [0, 0.1) is 5.92 Å². The Hall–Kier alpha value is -2.87. The number of carbonyl (C=O) groups excluding carboxylic acids is 1. The molecule has 1 atom stereocenters. The molecule has 0 spiro atoms. The maximum atomic E-state index is 12.9. The van der Waals surface area contributed by atoms with Gasteiger partial charge < -0.3 is 24.6 Å². The van der Waals surface area contributed by atoms with E-state index in [0.29, 0.717) is 19.8 Å². The Morgan fingerprint density at radius 2 is 1.84 bits per heavy atom. The number of nitrogens with zero attached hydrogens (tertiary/aromatic N) is 3. The van der Waals surface area contributed by atoms with Crippen molar-refractivity contribution >= 4 is 11.9 Å². The summed E-state index contributed by atoms with van der Waals surface area (Å²) in [5, 5.41) is 3.25. The zero-order valence-electron chi connectivity index (χ0n) is 18.3. The van der Waals surface area contributed by atoms with Crippen LogP contribution < -0.4 is 24.6 Å². The summed E-state index contributed by atoms with van der Waals surface area (Å²) in [5.74, 6) is 2.64. The zero-order chi connectivity index (χ0) is 21.6. The third kappa shape index (κ3) is 5.44. The second kappa shape index (κ2) is 9.96. The molecule has 8 heteroatoms. The van der Waals surface area contributed by atoms with E-state index in [2.05, 4.69) is 34.0 Å². The van der Waals surface area contributed by atoms with Crippen molar-refractivity contribution in [2.45, 2.75) is 26.3 Å². The van der Waals surface area contributed by atoms with Crippen LogP contribution >= 0.6 is 0 Å². The van der Waals surface area contributed by atoms with Crippen molar-refractivity contribution in [1.29, 1.82) is 0 Å². The maximum Gasteiger partial charge on any atom is 0.275 e. The number of amides is 1. The summed E-state index contributed by atoms with van der Waals surface area (Å²) in [7, 11) is 0. The molecule has 0 radical (unpaired) electrons. The highest BCUT2D eigenvalue weighted by molar-refractivity contribution is 5.77. The molecule has 166 valence electrons. The highest BCUT2D eigenvalue weighted by Gasteiger charge is 2.26. The molecule has 2 aliphatic heterocycles. The molecule has 2 aromatic rings. The summed E-state index contributed by atoms with van der Waals surface area (Å²) in [4.78, 5) is 25.0. The van der Waals surface area contributed by atoms with E-state index in [-0.39, 0.29) is 17.9 Å². The second-order valence-corrected chi connectivity index (χ2v) is 8.51. The predicted molar refractivity (Wildman–Crippen MR) is 118 cm³/mol. The van der Waals surface area contributed by atoms with E-state index in [0.717, 1.165) is 55.6 Å². The molecule has 1 aromatic heterocycles. The van der Waals surface area contributed by atoms with Crippen LogP contribution in [0.2, 0.25) is 0 Å². The lowest BCUT2D eigenvalue weighted by Gasteiger charge is -2.32. The zero-order valence-corrected chi connectivity index (χ0v) is 18.3. The molecule has 0 unspecified atom stereocenters. The molecular weight excluding hydrogens is 394 g/mol. The van der Waals surface area contributed by atoms with Gasteiger partial charge >= 0.3 is 0 Å².